The number of rotatable bonds is 6. The van der Waals surface area contributed by atoms with Crippen molar-refractivity contribution in [2.24, 2.45) is 11.1 Å². The van der Waals surface area contributed by atoms with Crippen LogP contribution in [0.4, 0.5) is 0 Å². The van der Waals surface area contributed by atoms with E-state index in [1.54, 1.807) is 7.11 Å². The largest absolute Gasteiger partial charge is 0.383 e. The minimum absolute atomic E-state index is 0.530. The fourth-order valence-corrected chi connectivity index (χ4v) is 2.41. The van der Waals surface area contributed by atoms with Gasteiger partial charge in [0.05, 0.1) is 6.61 Å². The van der Waals surface area contributed by atoms with Gasteiger partial charge in [0.25, 0.3) is 0 Å². The van der Waals surface area contributed by atoms with E-state index in [0.29, 0.717) is 11.5 Å². The predicted molar refractivity (Wildman–Crippen MR) is 68.5 cm³/mol. The van der Waals surface area contributed by atoms with E-state index in [4.69, 9.17) is 10.5 Å². The molecule has 0 aromatic heterocycles. The van der Waals surface area contributed by atoms with Crippen LogP contribution in [0, 0.1) is 5.41 Å². The van der Waals surface area contributed by atoms with Gasteiger partial charge < -0.3 is 10.5 Å². The van der Waals surface area contributed by atoms with Gasteiger partial charge in [-0.25, -0.2) is 0 Å². The molecule has 1 saturated heterocycles. The number of piperidine rings is 1. The first kappa shape index (κ1) is 13.9. The minimum Gasteiger partial charge on any atom is -0.383 e. The summed E-state index contributed by atoms with van der Waals surface area (Å²) in [5.41, 5.74) is 6.12. The van der Waals surface area contributed by atoms with E-state index in [9.17, 15) is 0 Å². The van der Waals surface area contributed by atoms with Crippen LogP contribution >= 0.6 is 0 Å². The normalized spacial score (nSPS) is 23.2. The van der Waals surface area contributed by atoms with Crippen LogP contribution in [0.1, 0.15) is 39.5 Å². The van der Waals surface area contributed by atoms with Gasteiger partial charge in [0.2, 0.25) is 0 Å². The molecule has 1 rings (SSSR count). The molecular weight excluding hydrogens is 200 g/mol. The Hall–Kier alpha value is -0.120. The number of ether oxygens (including phenoxy) is 1. The first-order chi connectivity index (χ1) is 7.59. The molecule has 1 aliphatic rings. The van der Waals surface area contributed by atoms with Gasteiger partial charge in [-0.15, -0.1) is 0 Å². The topological polar surface area (TPSA) is 38.5 Å². The highest BCUT2D eigenvalue weighted by Gasteiger charge is 2.28. The molecule has 0 amide bonds. The molecule has 0 spiro atoms. The first-order valence-electron chi connectivity index (χ1n) is 6.52. The van der Waals surface area contributed by atoms with Crippen molar-refractivity contribution < 1.29 is 4.74 Å². The molecule has 3 nitrogen and oxygen atoms in total. The van der Waals surface area contributed by atoms with E-state index < -0.39 is 0 Å². The van der Waals surface area contributed by atoms with Crippen molar-refractivity contribution in [2.75, 3.05) is 33.4 Å². The van der Waals surface area contributed by atoms with E-state index in [0.717, 1.165) is 19.6 Å². The maximum Gasteiger partial charge on any atom is 0.0618 e. The number of likely N-dealkylation sites (tertiary alicyclic amines) is 1. The van der Waals surface area contributed by atoms with E-state index in [2.05, 4.69) is 18.7 Å². The summed E-state index contributed by atoms with van der Waals surface area (Å²) in [5, 5.41) is 0. The van der Waals surface area contributed by atoms with Crippen molar-refractivity contribution in [3.8, 4) is 0 Å². The number of hydrogen-bond acceptors (Lipinski definition) is 3. The molecule has 16 heavy (non-hydrogen) atoms. The molecule has 0 aromatic rings. The highest BCUT2D eigenvalue weighted by molar-refractivity contribution is 4.82. The quantitative estimate of drug-likeness (QED) is 0.754. The second-order valence-corrected chi connectivity index (χ2v) is 5.74. The van der Waals surface area contributed by atoms with E-state index in [-0.39, 0.29) is 0 Å². The fourth-order valence-electron chi connectivity index (χ4n) is 2.41. The molecule has 0 saturated carbocycles. The van der Waals surface area contributed by atoms with Crippen molar-refractivity contribution >= 4 is 0 Å². The standard InChI is InChI=1S/C13H28N2O/c1-13(2)6-9-15(10-7-13)12(11-16-3)5-4-8-14/h12H,4-11,14H2,1-3H3. The lowest BCUT2D eigenvalue weighted by Crippen LogP contribution is -2.45. The highest BCUT2D eigenvalue weighted by atomic mass is 16.5. The van der Waals surface area contributed by atoms with Crippen molar-refractivity contribution in [1.29, 1.82) is 0 Å². The third-order valence-electron chi connectivity index (χ3n) is 3.77. The lowest BCUT2D eigenvalue weighted by Gasteiger charge is -2.41. The number of nitrogens with zero attached hydrogens (tertiary/aromatic N) is 1. The van der Waals surface area contributed by atoms with Gasteiger partial charge in [0.1, 0.15) is 0 Å². The molecule has 1 fully saturated rings. The molecule has 1 heterocycles. The predicted octanol–water partition coefficient (Wildman–Crippen LogP) is 1.86. The van der Waals surface area contributed by atoms with Gasteiger partial charge in [0, 0.05) is 13.2 Å². The van der Waals surface area contributed by atoms with Crippen LogP contribution in [0.25, 0.3) is 0 Å². The van der Waals surface area contributed by atoms with Crippen molar-refractivity contribution in [3.05, 3.63) is 0 Å². The van der Waals surface area contributed by atoms with E-state index in [1.165, 1.54) is 32.4 Å². The number of nitrogens with two attached hydrogens (primary N) is 1. The molecular formula is C13H28N2O. The van der Waals surface area contributed by atoms with Crippen LogP contribution in [0.5, 0.6) is 0 Å². The van der Waals surface area contributed by atoms with Crippen molar-refractivity contribution in [3.63, 3.8) is 0 Å². The fraction of sp³-hybridized carbons (Fsp3) is 1.00. The van der Waals surface area contributed by atoms with Gasteiger partial charge in [-0.1, -0.05) is 13.8 Å². The summed E-state index contributed by atoms with van der Waals surface area (Å²) in [4.78, 5) is 2.59. The van der Waals surface area contributed by atoms with Crippen molar-refractivity contribution in [2.45, 2.75) is 45.6 Å². The van der Waals surface area contributed by atoms with Crippen LogP contribution < -0.4 is 5.73 Å². The molecule has 96 valence electrons. The molecule has 0 aliphatic carbocycles. The molecule has 2 N–H and O–H groups in total. The summed E-state index contributed by atoms with van der Waals surface area (Å²) < 4.78 is 5.32. The second kappa shape index (κ2) is 6.58. The number of methoxy groups -OCH3 is 1. The molecule has 1 unspecified atom stereocenters. The average Bonchev–Trinajstić information content (AvgIpc) is 2.25. The monoisotopic (exact) mass is 228 g/mol. The maximum atomic E-state index is 5.59. The summed E-state index contributed by atoms with van der Waals surface area (Å²) in [5.74, 6) is 0. The lowest BCUT2D eigenvalue weighted by atomic mass is 9.82. The van der Waals surface area contributed by atoms with Crippen LogP contribution in [0.3, 0.4) is 0 Å². The molecule has 1 atom stereocenters. The Morgan fingerprint density at radius 2 is 1.94 bits per heavy atom. The van der Waals surface area contributed by atoms with Gasteiger partial charge in [-0.3, -0.25) is 4.90 Å². The minimum atomic E-state index is 0.530. The van der Waals surface area contributed by atoms with E-state index >= 15 is 0 Å². The molecule has 0 radical (unpaired) electrons. The maximum absolute atomic E-state index is 5.59. The Morgan fingerprint density at radius 3 is 2.44 bits per heavy atom. The lowest BCUT2D eigenvalue weighted by molar-refractivity contribution is 0.0425. The van der Waals surface area contributed by atoms with Gasteiger partial charge in [-0.2, -0.15) is 0 Å². The second-order valence-electron chi connectivity index (χ2n) is 5.74. The highest BCUT2D eigenvalue weighted by Crippen LogP contribution is 2.31. The van der Waals surface area contributed by atoms with Crippen LogP contribution in [0.15, 0.2) is 0 Å². The molecule has 0 bridgehead atoms. The molecule has 1 aliphatic heterocycles. The first-order valence-corrected chi connectivity index (χ1v) is 6.52. The smallest absolute Gasteiger partial charge is 0.0618 e. The summed E-state index contributed by atoms with van der Waals surface area (Å²) in [7, 11) is 1.79. The van der Waals surface area contributed by atoms with Crippen molar-refractivity contribution in [1.82, 2.24) is 4.90 Å². The number of hydrogen-bond donors (Lipinski definition) is 1. The Labute approximate surface area is 100 Å². The third-order valence-corrected chi connectivity index (χ3v) is 3.77. The summed E-state index contributed by atoms with van der Waals surface area (Å²) >= 11 is 0. The van der Waals surface area contributed by atoms with Gasteiger partial charge in [0.15, 0.2) is 0 Å². The zero-order chi connectivity index (χ0) is 12.0. The van der Waals surface area contributed by atoms with Crippen LogP contribution in [-0.2, 0) is 4.74 Å². The Balaban J connectivity index is 2.39. The van der Waals surface area contributed by atoms with Gasteiger partial charge >= 0.3 is 0 Å². The van der Waals surface area contributed by atoms with Gasteiger partial charge in [-0.05, 0) is 50.7 Å². The third kappa shape index (κ3) is 4.40. The molecule has 0 aromatic carbocycles. The summed E-state index contributed by atoms with van der Waals surface area (Å²) in [6, 6.07) is 0.574. The Bertz CT molecular complexity index is 184. The summed E-state index contributed by atoms with van der Waals surface area (Å²) in [6.45, 7) is 8.81. The Morgan fingerprint density at radius 1 is 1.31 bits per heavy atom. The Kier molecular flexibility index (Phi) is 5.73. The van der Waals surface area contributed by atoms with E-state index in [1.807, 2.05) is 0 Å². The SMILES string of the molecule is COCC(CCCN)N1CCC(C)(C)CC1. The zero-order valence-corrected chi connectivity index (χ0v) is 11.2. The van der Waals surface area contributed by atoms with Crippen LogP contribution in [-0.4, -0.2) is 44.3 Å². The van der Waals surface area contributed by atoms with Crippen LogP contribution in [0.2, 0.25) is 0 Å². The average molecular weight is 228 g/mol. The zero-order valence-electron chi connectivity index (χ0n) is 11.2. The summed E-state index contributed by atoms with van der Waals surface area (Å²) in [6.07, 6.45) is 4.88. The molecule has 3 heteroatoms.